The van der Waals surface area contributed by atoms with Crippen molar-refractivity contribution in [2.24, 2.45) is 0 Å². The lowest BCUT2D eigenvalue weighted by Crippen LogP contribution is -2.11. The second-order valence-electron chi connectivity index (χ2n) is 5.20. The van der Waals surface area contributed by atoms with Crippen LogP contribution in [0, 0.1) is 6.92 Å². The molecule has 0 saturated heterocycles. The van der Waals surface area contributed by atoms with E-state index in [0.717, 1.165) is 10.5 Å². The SMILES string of the molecule is COc1ccc([C@@H](O)[C@H](C)Sc2ccc(C)cc2)cc1OC. The number of aliphatic hydroxyl groups excluding tert-OH is 1. The number of ether oxygens (including phenoxy) is 2. The predicted octanol–water partition coefficient (Wildman–Crippen LogP) is 4.23. The molecule has 0 aliphatic heterocycles. The van der Waals surface area contributed by atoms with Crippen molar-refractivity contribution in [3.63, 3.8) is 0 Å². The van der Waals surface area contributed by atoms with Gasteiger partial charge in [0.25, 0.3) is 0 Å². The number of aliphatic hydroxyl groups is 1. The number of aryl methyl sites for hydroxylation is 1. The van der Waals surface area contributed by atoms with Gasteiger partial charge in [-0.1, -0.05) is 30.7 Å². The molecule has 4 heteroatoms. The molecule has 1 N–H and O–H groups in total. The Morgan fingerprint density at radius 1 is 0.955 bits per heavy atom. The lowest BCUT2D eigenvalue weighted by atomic mass is 10.1. The molecule has 118 valence electrons. The van der Waals surface area contributed by atoms with E-state index in [-0.39, 0.29) is 5.25 Å². The van der Waals surface area contributed by atoms with Gasteiger partial charge in [0, 0.05) is 10.1 Å². The van der Waals surface area contributed by atoms with Crippen molar-refractivity contribution < 1.29 is 14.6 Å². The topological polar surface area (TPSA) is 38.7 Å². The third-order valence-corrected chi connectivity index (χ3v) is 4.71. The lowest BCUT2D eigenvalue weighted by molar-refractivity contribution is 0.179. The first-order valence-corrected chi connectivity index (χ1v) is 8.06. The molecule has 0 radical (unpaired) electrons. The highest BCUT2D eigenvalue weighted by atomic mass is 32.2. The highest BCUT2D eigenvalue weighted by Crippen LogP contribution is 2.35. The third-order valence-electron chi connectivity index (χ3n) is 3.54. The van der Waals surface area contributed by atoms with Crippen LogP contribution in [0.5, 0.6) is 11.5 Å². The zero-order valence-corrected chi connectivity index (χ0v) is 14.2. The minimum absolute atomic E-state index is 0.0285. The summed E-state index contributed by atoms with van der Waals surface area (Å²) in [4.78, 5) is 1.15. The predicted molar refractivity (Wildman–Crippen MR) is 91.0 cm³/mol. The normalized spacial score (nSPS) is 13.5. The number of hydrogen-bond donors (Lipinski definition) is 1. The van der Waals surface area contributed by atoms with Crippen LogP contribution in [-0.4, -0.2) is 24.6 Å². The molecule has 0 aliphatic rings. The molecule has 22 heavy (non-hydrogen) atoms. The average molecular weight is 318 g/mol. The molecule has 0 bridgehead atoms. The smallest absolute Gasteiger partial charge is 0.161 e. The van der Waals surface area contributed by atoms with Crippen molar-refractivity contribution >= 4 is 11.8 Å². The third kappa shape index (κ3) is 3.96. The molecule has 0 aromatic heterocycles. The summed E-state index contributed by atoms with van der Waals surface area (Å²) in [5, 5.41) is 10.6. The van der Waals surface area contributed by atoms with Crippen molar-refractivity contribution in [3.8, 4) is 11.5 Å². The number of thioether (sulfide) groups is 1. The number of methoxy groups -OCH3 is 2. The van der Waals surface area contributed by atoms with E-state index in [9.17, 15) is 5.11 Å². The van der Waals surface area contributed by atoms with Gasteiger partial charge in [0.05, 0.1) is 20.3 Å². The van der Waals surface area contributed by atoms with Crippen LogP contribution in [0.25, 0.3) is 0 Å². The van der Waals surface area contributed by atoms with Crippen molar-refractivity contribution in [3.05, 3.63) is 53.6 Å². The fourth-order valence-electron chi connectivity index (χ4n) is 2.20. The molecule has 0 unspecified atom stereocenters. The first-order valence-electron chi connectivity index (χ1n) is 7.18. The van der Waals surface area contributed by atoms with Crippen molar-refractivity contribution in [2.75, 3.05) is 14.2 Å². The zero-order valence-electron chi connectivity index (χ0n) is 13.4. The highest BCUT2D eigenvalue weighted by Gasteiger charge is 2.19. The van der Waals surface area contributed by atoms with Gasteiger partial charge in [-0.05, 0) is 36.8 Å². The van der Waals surface area contributed by atoms with Crippen molar-refractivity contribution in [2.45, 2.75) is 30.1 Å². The quantitative estimate of drug-likeness (QED) is 0.809. The Morgan fingerprint density at radius 3 is 2.18 bits per heavy atom. The molecule has 0 aliphatic carbocycles. The van der Waals surface area contributed by atoms with E-state index in [4.69, 9.17) is 9.47 Å². The molecule has 2 aromatic rings. The molecule has 0 spiro atoms. The van der Waals surface area contributed by atoms with E-state index in [1.54, 1.807) is 26.0 Å². The summed E-state index contributed by atoms with van der Waals surface area (Å²) in [6, 6.07) is 13.8. The van der Waals surface area contributed by atoms with Crippen LogP contribution in [0.3, 0.4) is 0 Å². The van der Waals surface area contributed by atoms with Gasteiger partial charge < -0.3 is 14.6 Å². The van der Waals surface area contributed by atoms with Crippen LogP contribution in [0.2, 0.25) is 0 Å². The molecule has 0 saturated carbocycles. The fraction of sp³-hybridized carbons (Fsp3) is 0.333. The number of benzene rings is 2. The minimum Gasteiger partial charge on any atom is -0.493 e. The number of rotatable bonds is 6. The maximum absolute atomic E-state index is 10.6. The molecule has 2 aromatic carbocycles. The van der Waals surface area contributed by atoms with Gasteiger partial charge in [0.1, 0.15) is 0 Å². The molecule has 0 fully saturated rings. The standard InChI is InChI=1S/C18H22O3S/c1-12-5-8-15(9-6-12)22-13(2)18(19)14-7-10-16(20-3)17(11-14)21-4/h5-11,13,18-19H,1-4H3/t13-,18-/m0/s1. The summed E-state index contributed by atoms with van der Waals surface area (Å²) in [5.41, 5.74) is 2.06. The van der Waals surface area contributed by atoms with Crippen LogP contribution < -0.4 is 9.47 Å². The molecule has 2 atom stereocenters. The van der Waals surface area contributed by atoms with E-state index < -0.39 is 6.10 Å². The summed E-state index contributed by atoms with van der Waals surface area (Å²) in [6.07, 6.45) is -0.578. The highest BCUT2D eigenvalue weighted by molar-refractivity contribution is 8.00. The second-order valence-corrected chi connectivity index (χ2v) is 6.65. The average Bonchev–Trinajstić information content (AvgIpc) is 2.55. The molecular formula is C18H22O3S. The summed E-state index contributed by atoms with van der Waals surface area (Å²) in [7, 11) is 3.20. The maximum atomic E-state index is 10.6. The van der Waals surface area contributed by atoms with Gasteiger partial charge in [-0.2, -0.15) is 0 Å². The first kappa shape index (κ1) is 16.7. The van der Waals surface area contributed by atoms with Crippen molar-refractivity contribution in [1.29, 1.82) is 0 Å². The monoisotopic (exact) mass is 318 g/mol. The van der Waals surface area contributed by atoms with Crippen LogP contribution in [0.4, 0.5) is 0 Å². The van der Waals surface area contributed by atoms with Gasteiger partial charge in [0.15, 0.2) is 11.5 Å². The van der Waals surface area contributed by atoms with Gasteiger partial charge >= 0.3 is 0 Å². The van der Waals surface area contributed by atoms with Crippen LogP contribution >= 0.6 is 11.8 Å². The summed E-state index contributed by atoms with van der Waals surface area (Å²) in [6.45, 7) is 4.09. The zero-order chi connectivity index (χ0) is 16.1. The van der Waals surface area contributed by atoms with Crippen LogP contribution in [-0.2, 0) is 0 Å². The molecule has 3 nitrogen and oxygen atoms in total. The Morgan fingerprint density at radius 2 is 1.59 bits per heavy atom. The first-order chi connectivity index (χ1) is 10.5. The summed E-state index contributed by atoms with van der Waals surface area (Å²) in [5.74, 6) is 1.30. The second kappa shape index (κ2) is 7.56. The van der Waals surface area contributed by atoms with Gasteiger partial charge in [-0.15, -0.1) is 11.8 Å². The Hall–Kier alpha value is -1.65. The van der Waals surface area contributed by atoms with E-state index in [1.807, 2.05) is 25.1 Å². The Balaban J connectivity index is 2.12. The Labute approximate surface area is 136 Å². The van der Waals surface area contributed by atoms with E-state index in [0.29, 0.717) is 11.5 Å². The minimum atomic E-state index is -0.578. The van der Waals surface area contributed by atoms with Gasteiger partial charge in [-0.25, -0.2) is 0 Å². The van der Waals surface area contributed by atoms with Crippen LogP contribution in [0.15, 0.2) is 47.4 Å². The Bertz CT molecular complexity index is 610. The van der Waals surface area contributed by atoms with E-state index in [1.165, 1.54) is 5.56 Å². The fourth-order valence-corrected chi connectivity index (χ4v) is 3.21. The molecule has 0 heterocycles. The van der Waals surface area contributed by atoms with Gasteiger partial charge in [-0.3, -0.25) is 0 Å². The Kier molecular flexibility index (Phi) is 5.75. The number of hydrogen-bond acceptors (Lipinski definition) is 4. The molecule has 2 rings (SSSR count). The van der Waals surface area contributed by atoms with Crippen molar-refractivity contribution in [1.82, 2.24) is 0 Å². The molecular weight excluding hydrogens is 296 g/mol. The van der Waals surface area contributed by atoms with Crippen LogP contribution in [0.1, 0.15) is 24.2 Å². The maximum Gasteiger partial charge on any atom is 0.161 e. The molecule has 0 amide bonds. The summed E-state index contributed by atoms with van der Waals surface area (Å²) < 4.78 is 10.5. The van der Waals surface area contributed by atoms with E-state index >= 15 is 0 Å². The largest absolute Gasteiger partial charge is 0.493 e. The summed E-state index contributed by atoms with van der Waals surface area (Å²) >= 11 is 1.66. The van der Waals surface area contributed by atoms with E-state index in [2.05, 4.69) is 31.2 Å². The van der Waals surface area contributed by atoms with Gasteiger partial charge in [0.2, 0.25) is 0 Å². The lowest BCUT2D eigenvalue weighted by Gasteiger charge is -2.20.